The van der Waals surface area contributed by atoms with E-state index in [9.17, 15) is 0 Å². The molecule has 3 heteroatoms. The molecule has 0 aromatic carbocycles. The molecule has 0 aliphatic carbocycles. The summed E-state index contributed by atoms with van der Waals surface area (Å²) in [7, 11) is 5.41. The highest BCUT2D eigenvalue weighted by Gasteiger charge is 1.81. The lowest BCUT2D eigenvalue weighted by atomic mass is 10.3. The fraction of sp³-hybridized carbons (Fsp3) is 0.600. The summed E-state index contributed by atoms with van der Waals surface area (Å²) in [5.41, 5.74) is 0. The van der Waals surface area contributed by atoms with Crippen LogP contribution >= 0.6 is 31.4 Å². The zero-order valence-electron chi connectivity index (χ0n) is 8.36. The molecule has 0 aliphatic heterocycles. The minimum Gasteiger partial charge on any atom is -0.0773 e. The topological polar surface area (TPSA) is 0 Å². The van der Waals surface area contributed by atoms with Gasteiger partial charge >= 0.3 is 0 Å². The standard InChI is InChI=1S/C10H18S3/c1-3-5-7-9-11-13-12-10-8-6-4-2/h7-10H,3-6H2,1-2H3. The largest absolute Gasteiger partial charge is 0.0773 e. The van der Waals surface area contributed by atoms with Gasteiger partial charge in [0.1, 0.15) is 0 Å². The second-order valence-corrected chi connectivity index (χ2v) is 6.43. The first-order chi connectivity index (χ1) is 6.41. The normalized spacial score (nSPS) is 11.8. The van der Waals surface area contributed by atoms with Gasteiger partial charge in [0, 0.05) is 0 Å². The van der Waals surface area contributed by atoms with E-state index in [0.717, 1.165) is 0 Å². The van der Waals surface area contributed by atoms with Crippen LogP contribution in [0.1, 0.15) is 39.5 Å². The monoisotopic (exact) mass is 234 g/mol. The average Bonchev–Trinajstić information content (AvgIpc) is 2.16. The molecule has 0 fully saturated rings. The van der Waals surface area contributed by atoms with Gasteiger partial charge in [-0.05, 0) is 33.5 Å². The highest BCUT2D eigenvalue weighted by Crippen LogP contribution is 2.36. The van der Waals surface area contributed by atoms with Gasteiger partial charge in [0.25, 0.3) is 0 Å². The van der Waals surface area contributed by atoms with Crippen molar-refractivity contribution >= 4 is 31.4 Å². The predicted molar refractivity (Wildman–Crippen MR) is 70.9 cm³/mol. The van der Waals surface area contributed by atoms with Crippen molar-refractivity contribution < 1.29 is 0 Å². The van der Waals surface area contributed by atoms with Crippen LogP contribution in [0, 0.1) is 0 Å². The van der Waals surface area contributed by atoms with Crippen LogP contribution < -0.4 is 0 Å². The minimum atomic E-state index is 1.20. The molecule has 0 radical (unpaired) electrons. The molecule has 0 aromatic heterocycles. The SMILES string of the molecule is CCCC=CSSSC=CCCC. The Morgan fingerprint density at radius 3 is 1.69 bits per heavy atom. The Morgan fingerprint density at radius 1 is 0.846 bits per heavy atom. The van der Waals surface area contributed by atoms with Crippen LogP contribution in [0.5, 0.6) is 0 Å². The van der Waals surface area contributed by atoms with E-state index in [4.69, 9.17) is 0 Å². The minimum absolute atomic E-state index is 1.20. The zero-order valence-corrected chi connectivity index (χ0v) is 10.8. The molecular weight excluding hydrogens is 216 g/mol. The van der Waals surface area contributed by atoms with Crippen molar-refractivity contribution in [2.24, 2.45) is 0 Å². The lowest BCUT2D eigenvalue weighted by molar-refractivity contribution is 0.960. The molecule has 0 aliphatic rings. The second kappa shape index (κ2) is 12.5. The quantitative estimate of drug-likeness (QED) is 0.394. The van der Waals surface area contributed by atoms with Crippen molar-refractivity contribution in [2.75, 3.05) is 0 Å². The summed E-state index contributed by atoms with van der Waals surface area (Å²) in [5.74, 6) is 0. The fourth-order valence-electron chi connectivity index (χ4n) is 0.616. The molecular formula is C10H18S3. The number of unbranched alkanes of at least 4 members (excludes halogenated alkanes) is 2. The van der Waals surface area contributed by atoms with Crippen LogP contribution in [0.15, 0.2) is 23.0 Å². The van der Waals surface area contributed by atoms with Gasteiger partial charge in [-0.15, -0.1) is 0 Å². The van der Waals surface area contributed by atoms with Gasteiger partial charge < -0.3 is 0 Å². The van der Waals surface area contributed by atoms with Crippen molar-refractivity contribution in [3.8, 4) is 0 Å². The van der Waals surface area contributed by atoms with E-state index < -0.39 is 0 Å². The van der Waals surface area contributed by atoms with Crippen LogP contribution in [-0.2, 0) is 0 Å². The number of allylic oxidation sites excluding steroid dienone is 2. The maximum absolute atomic E-state index is 2.23. The molecule has 0 rings (SSSR count). The van der Waals surface area contributed by atoms with Gasteiger partial charge in [-0.1, -0.05) is 60.4 Å². The molecule has 0 heterocycles. The second-order valence-electron chi connectivity index (χ2n) is 2.58. The van der Waals surface area contributed by atoms with Gasteiger partial charge in [0.2, 0.25) is 0 Å². The first-order valence-electron chi connectivity index (χ1n) is 4.70. The third-order valence-electron chi connectivity index (χ3n) is 1.29. The van der Waals surface area contributed by atoms with Crippen molar-refractivity contribution in [3.05, 3.63) is 23.0 Å². The summed E-state index contributed by atoms with van der Waals surface area (Å²) in [6.45, 7) is 4.40. The van der Waals surface area contributed by atoms with E-state index in [1.807, 2.05) is 9.83 Å². The van der Waals surface area contributed by atoms with Crippen LogP contribution in [0.25, 0.3) is 0 Å². The molecule has 0 amide bonds. The summed E-state index contributed by atoms with van der Waals surface area (Å²) in [6.07, 6.45) is 9.34. The summed E-state index contributed by atoms with van der Waals surface area (Å²) in [5, 5.41) is 4.35. The predicted octanol–water partition coefficient (Wildman–Crippen LogP) is 5.64. The lowest BCUT2D eigenvalue weighted by Gasteiger charge is -1.89. The molecule has 0 unspecified atom stereocenters. The van der Waals surface area contributed by atoms with Crippen molar-refractivity contribution in [1.29, 1.82) is 0 Å². The fourth-order valence-corrected chi connectivity index (χ4v) is 3.29. The van der Waals surface area contributed by atoms with E-state index in [1.165, 1.54) is 25.7 Å². The molecule has 0 saturated carbocycles. The molecule has 0 atom stereocenters. The highest BCUT2D eigenvalue weighted by molar-refractivity contribution is 9.10. The molecule has 0 saturated heterocycles. The maximum Gasteiger partial charge on any atom is -0.0158 e. The number of hydrogen-bond acceptors (Lipinski definition) is 3. The van der Waals surface area contributed by atoms with Crippen LogP contribution in [0.2, 0.25) is 0 Å². The van der Waals surface area contributed by atoms with E-state index in [0.29, 0.717) is 0 Å². The molecule has 0 spiro atoms. The van der Waals surface area contributed by atoms with Crippen LogP contribution in [0.3, 0.4) is 0 Å². The van der Waals surface area contributed by atoms with Crippen molar-refractivity contribution in [3.63, 3.8) is 0 Å². The number of rotatable bonds is 8. The molecule has 0 aromatic rings. The highest BCUT2D eigenvalue weighted by atomic mass is 33.5. The Labute approximate surface area is 93.8 Å². The van der Waals surface area contributed by atoms with Crippen molar-refractivity contribution in [1.82, 2.24) is 0 Å². The maximum atomic E-state index is 2.23. The number of hydrogen-bond donors (Lipinski definition) is 0. The molecule has 76 valence electrons. The van der Waals surface area contributed by atoms with E-state index >= 15 is 0 Å². The summed E-state index contributed by atoms with van der Waals surface area (Å²) >= 11 is 0. The molecule has 0 bridgehead atoms. The Balaban J connectivity index is 3.07. The van der Waals surface area contributed by atoms with Gasteiger partial charge in [0.15, 0.2) is 0 Å². The van der Waals surface area contributed by atoms with Gasteiger partial charge in [-0.25, -0.2) is 0 Å². The Morgan fingerprint density at radius 2 is 1.31 bits per heavy atom. The first-order valence-corrected chi connectivity index (χ1v) is 8.31. The Hall–Kier alpha value is 0.530. The summed E-state index contributed by atoms with van der Waals surface area (Å²) < 4.78 is 0. The summed E-state index contributed by atoms with van der Waals surface area (Å²) in [6, 6.07) is 0. The Bertz CT molecular complexity index is 125. The zero-order chi connectivity index (χ0) is 9.78. The third kappa shape index (κ3) is 12.5. The smallest absolute Gasteiger partial charge is 0.0158 e. The molecule has 0 nitrogen and oxygen atoms in total. The Kier molecular flexibility index (Phi) is 13.0. The lowest BCUT2D eigenvalue weighted by Crippen LogP contribution is -1.57. The van der Waals surface area contributed by atoms with Gasteiger partial charge in [0.05, 0.1) is 0 Å². The first kappa shape index (κ1) is 13.5. The van der Waals surface area contributed by atoms with Crippen LogP contribution in [0.4, 0.5) is 0 Å². The van der Waals surface area contributed by atoms with Crippen molar-refractivity contribution in [2.45, 2.75) is 39.5 Å². The summed E-state index contributed by atoms with van der Waals surface area (Å²) in [4.78, 5) is 0. The molecule has 13 heavy (non-hydrogen) atoms. The van der Waals surface area contributed by atoms with E-state index in [1.54, 1.807) is 21.6 Å². The average molecular weight is 234 g/mol. The van der Waals surface area contributed by atoms with Crippen LogP contribution in [-0.4, -0.2) is 0 Å². The van der Waals surface area contributed by atoms with Gasteiger partial charge in [-0.2, -0.15) is 0 Å². The van der Waals surface area contributed by atoms with E-state index in [-0.39, 0.29) is 0 Å². The van der Waals surface area contributed by atoms with Gasteiger partial charge in [-0.3, -0.25) is 0 Å². The van der Waals surface area contributed by atoms with E-state index in [2.05, 4.69) is 36.8 Å². The molecule has 0 N–H and O–H groups in total. The third-order valence-corrected chi connectivity index (χ3v) is 4.61.